The number of ether oxygens (including phenoxy) is 3. The van der Waals surface area contributed by atoms with Gasteiger partial charge in [0.15, 0.2) is 17.3 Å². The monoisotopic (exact) mass is 381 g/mol. The Morgan fingerprint density at radius 2 is 1.71 bits per heavy atom. The zero-order chi connectivity index (χ0) is 19.9. The number of hydrogen-bond acceptors (Lipinski definition) is 9. The van der Waals surface area contributed by atoms with Crippen molar-refractivity contribution in [1.82, 2.24) is 15.2 Å². The molecule has 0 aliphatic heterocycles. The molecule has 0 radical (unpaired) electrons. The second kappa shape index (κ2) is 8.67. The smallest absolute Gasteiger partial charge is 0.337 e. The molecule has 0 atom stereocenters. The summed E-state index contributed by atoms with van der Waals surface area (Å²) in [6.45, 7) is 0. The number of hydrogen-bond donors (Lipinski definition) is 2. The van der Waals surface area contributed by atoms with Gasteiger partial charge in [-0.15, -0.1) is 5.10 Å². The van der Waals surface area contributed by atoms with Crippen molar-refractivity contribution in [2.45, 2.75) is 0 Å². The predicted octanol–water partition coefficient (Wildman–Crippen LogP) is 3.16. The Kier molecular flexibility index (Phi) is 5.85. The molecule has 0 aliphatic rings. The molecule has 1 heterocycles. The molecule has 2 aromatic carbocycles. The van der Waals surface area contributed by atoms with Crippen LogP contribution in [0.5, 0.6) is 11.5 Å². The summed E-state index contributed by atoms with van der Waals surface area (Å²) in [4.78, 5) is 16.0. The van der Waals surface area contributed by atoms with E-state index in [1.807, 2.05) is 6.07 Å². The van der Waals surface area contributed by atoms with Crippen LogP contribution in [0.1, 0.15) is 10.4 Å². The van der Waals surface area contributed by atoms with Crippen LogP contribution in [0.4, 0.5) is 23.1 Å². The minimum atomic E-state index is -0.416. The van der Waals surface area contributed by atoms with Gasteiger partial charge in [-0.1, -0.05) is 6.07 Å². The summed E-state index contributed by atoms with van der Waals surface area (Å²) in [5, 5.41) is 14.1. The molecule has 9 heteroatoms. The first-order valence-corrected chi connectivity index (χ1v) is 8.27. The highest BCUT2D eigenvalue weighted by molar-refractivity contribution is 5.90. The SMILES string of the molecule is COC(=O)c1cccc(Nc2cnnc(Nc3ccc(OC)c(OC)c3)n2)c1. The number of methoxy groups -OCH3 is 3. The number of anilines is 4. The molecule has 3 aromatic rings. The van der Waals surface area contributed by atoms with Gasteiger partial charge in [-0.05, 0) is 30.3 Å². The van der Waals surface area contributed by atoms with Gasteiger partial charge in [-0.2, -0.15) is 10.1 Å². The highest BCUT2D eigenvalue weighted by atomic mass is 16.5. The minimum absolute atomic E-state index is 0.293. The standard InChI is InChI=1S/C19H19N5O4/c1-26-15-8-7-14(10-16(15)27-2)22-19-23-17(11-20-24-19)21-13-6-4-5-12(9-13)18(25)28-3/h4-11H,1-3H3,(H2,21,22,23,24). The maximum atomic E-state index is 11.7. The lowest BCUT2D eigenvalue weighted by atomic mass is 10.2. The van der Waals surface area contributed by atoms with Crippen LogP contribution in [0.2, 0.25) is 0 Å². The van der Waals surface area contributed by atoms with Crippen LogP contribution in [0.25, 0.3) is 0 Å². The third kappa shape index (κ3) is 4.44. The number of carbonyl (C=O) groups is 1. The number of benzene rings is 2. The van der Waals surface area contributed by atoms with Gasteiger partial charge >= 0.3 is 5.97 Å². The molecule has 0 saturated carbocycles. The zero-order valence-electron chi connectivity index (χ0n) is 15.6. The Hall–Kier alpha value is -3.88. The molecule has 144 valence electrons. The molecular weight excluding hydrogens is 362 g/mol. The van der Waals surface area contributed by atoms with Gasteiger partial charge in [-0.3, -0.25) is 0 Å². The molecule has 3 rings (SSSR count). The van der Waals surface area contributed by atoms with Crippen molar-refractivity contribution >= 4 is 29.1 Å². The largest absolute Gasteiger partial charge is 0.493 e. The number of esters is 1. The molecule has 2 N–H and O–H groups in total. The quantitative estimate of drug-likeness (QED) is 0.597. The summed E-state index contributed by atoms with van der Waals surface area (Å²) in [6, 6.07) is 12.2. The summed E-state index contributed by atoms with van der Waals surface area (Å²) in [5.74, 6) is 1.53. The molecule has 0 unspecified atom stereocenters. The third-order valence-corrected chi connectivity index (χ3v) is 3.75. The molecule has 0 fully saturated rings. The van der Waals surface area contributed by atoms with E-state index in [2.05, 4.69) is 25.8 Å². The van der Waals surface area contributed by atoms with Crippen molar-refractivity contribution in [2.75, 3.05) is 32.0 Å². The molecule has 0 saturated heterocycles. The van der Waals surface area contributed by atoms with E-state index in [4.69, 9.17) is 14.2 Å². The third-order valence-electron chi connectivity index (χ3n) is 3.75. The zero-order valence-corrected chi connectivity index (χ0v) is 15.6. The van der Waals surface area contributed by atoms with Gasteiger partial charge < -0.3 is 24.8 Å². The average molecular weight is 381 g/mol. The highest BCUT2D eigenvalue weighted by Crippen LogP contribution is 2.30. The summed E-state index contributed by atoms with van der Waals surface area (Å²) < 4.78 is 15.2. The van der Waals surface area contributed by atoms with E-state index in [9.17, 15) is 4.79 Å². The fourth-order valence-electron chi connectivity index (χ4n) is 2.45. The number of carbonyl (C=O) groups excluding carboxylic acids is 1. The Balaban J connectivity index is 1.77. The second-order valence-corrected chi connectivity index (χ2v) is 5.56. The minimum Gasteiger partial charge on any atom is -0.493 e. The summed E-state index contributed by atoms with van der Waals surface area (Å²) in [5.41, 5.74) is 1.81. The van der Waals surface area contributed by atoms with E-state index in [0.717, 1.165) is 0 Å². The van der Waals surface area contributed by atoms with Crippen LogP contribution in [-0.4, -0.2) is 42.5 Å². The lowest BCUT2D eigenvalue weighted by molar-refractivity contribution is 0.0601. The van der Waals surface area contributed by atoms with E-state index < -0.39 is 5.97 Å². The lowest BCUT2D eigenvalue weighted by Crippen LogP contribution is -2.04. The molecule has 0 spiro atoms. The van der Waals surface area contributed by atoms with Crippen molar-refractivity contribution in [2.24, 2.45) is 0 Å². The fourth-order valence-corrected chi connectivity index (χ4v) is 2.45. The van der Waals surface area contributed by atoms with Gasteiger partial charge in [0.05, 0.1) is 33.1 Å². The topological polar surface area (TPSA) is 107 Å². The van der Waals surface area contributed by atoms with E-state index in [0.29, 0.717) is 40.2 Å². The molecule has 28 heavy (non-hydrogen) atoms. The molecular formula is C19H19N5O4. The van der Waals surface area contributed by atoms with Crippen LogP contribution in [0.15, 0.2) is 48.7 Å². The van der Waals surface area contributed by atoms with Crippen molar-refractivity contribution < 1.29 is 19.0 Å². The summed E-state index contributed by atoms with van der Waals surface area (Å²) in [6.07, 6.45) is 1.48. The number of nitrogens with zero attached hydrogens (tertiary/aromatic N) is 3. The van der Waals surface area contributed by atoms with Crippen LogP contribution >= 0.6 is 0 Å². The van der Waals surface area contributed by atoms with Crippen LogP contribution in [0.3, 0.4) is 0 Å². The second-order valence-electron chi connectivity index (χ2n) is 5.56. The van der Waals surface area contributed by atoms with Crippen LogP contribution in [-0.2, 0) is 4.74 Å². The normalized spacial score (nSPS) is 10.1. The van der Waals surface area contributed by atoms with Crippen molar-refractivity contribution in [3.63, 3.8) is 0 Å². The van der Waals surface area contributed by atoms with E-state index in [1.165, 1.54) is 13.3 Å². The lowest BCUT2D eigenvalue weighted by Gasteiger charge is -2.11. The van der Waals surface area contributed by atoms with Gasteiger partial charge in [0, 0.05) is 17.4 Å². The average Bonchev–Trinajstić information content (AvgIpc) is 2.73. The maximum Gasteiger partial charge on any atom is 0.337 e. The van der Waals surface area contributed by atoms with Gasteiger partial charge in [-0.25, -0.2) is 4.79 Å². The van der Waals surface area contributed by atoms with E-state index >= 15 is 0 Å². The molecule has 9 nitrogen and oxygen atoms in total. The fraction of sp³-hybridized carbons (Fsp3) is 0.158. The first kappa shape index (κ1) is 18.9. The Labute approximate surface area is 161 Å². The highest BCUT2D eigenvalue weighted by Gasteiger charge is 2.08. The van der Waals surface area contributed by atoms with E-state index in [1.54, 1.807) is 50.6 Å². The first-order valence-electron chi connectivity index (χ1n) is 8.27. The Bertz CT molecular complexity index is 980. The van der Waals surface area contributed by atoms with Crippen molar-refractivity contribution in [3.05, 3.63) is 54.2 Å². The molecule has 1 aromatic heterocycles. The first-order chi connectivity index (χ1) is 13.6. The Morgan fingerprint density at radius 3 is 2.46 bits per heavy atom. The van der Waals surface area contributed by atoms with Crippen LogP contribution < -0.4 is 20.1 Å². The number of nitrogens with one attached hydrogen (secondary N) is 2. The summed E-state index contributed by atoms with van der Waals surface area (Å²) in [7, 11) is 4.47. The van der Waals surface area contributed by atoms with Crippen LogP contribution in [0, 0.1) is 0 Å². The molecule has 0 aliphatic carbocycles. The van der Waals surface area contributed by atoms with Crippen molar-refractivity contribution in [1.29, 1.82) is 0 Å². The number of aromatic nitrogens is 3. The van der Waals surface area contributed by atoms with Gasteiger partial charge in [0.25, 0.3) is 0 Å². The van der Waals surface area contributed by atoms with Gasteiger partial charge in [0.1, 0.15) is 0 Å². The van der Waals surface area contributed by atoms with E-state index in [-0.39, 0.29) is 0 Å². The summed E-state index contributed by atoms with van der Waals surface area (Å²) >= 11 is 0. The maximum absolute atomic E-state index is 11.7. The predicted molar refractivity (Wildman–Crippen MR) is 104 cm³/mol. The van der Waals surface area contributed by atoms with Crippen molar-refractivity contribution in [3.8, 4) is 11.5 Å². The number of rotatable bonds is 7. The Morgan fingerprint density at radius 1 is 0.929 bits per heavy atom. The molecule has 0 amide bonds. The molecule has 0 bridgehead atoms. The van der Waals surface area contributed by atoms with Gasteiger partial charge in [0.2, 0.25) is 5.95 Å².